The van der Waals surface area contributed by atoms with E-state index in [0.717, 1.165) is 29.8 Å². The number of rotatable bonds is 10. The number of esters is 1. The second kappa shape index (κ2) is 12.2. The third kappa shape index (κ3) is 6.02. The number of anilines is 1. The van der Waals surface area contributed by atoms with Gasteiger partial charge in [-0.3, -0.25) is 4.79 Å². The zero-order valence-electron chi connectivity index (χ0n) is 19.9. The lowest BCUT2D eigenvalue weighted by Gasteiger charge is -2.21. The van der Waals surface area contributed by atoms with Gasteiger partial charge in [-0.2, -0.15) is 0 Å². The summed E-state index contributed by atoms with van der Waals surface area (Å²) in [6, 6.07) is 9.62. The van der Waals surface area contributed by atoms with Crippen molar-refractivity contribution in [2.24, 2.45) is 0 Å². The number of nitrogens with zero attached hydrogens (tertiary/aromatic N) is 3. The largest absolute Gasteiger partial charge is 0.462 e. The van der Waals surface area contributed by atoms with Crippen molar-refractivity contribution in [3.8, 4) is 11.1 Å². The van der Waals surface area contributed by atoms with Gasteiger partial charge in [0.05, 0.1) is 12.4 Å². The molecule has 3 aromatic rings. The molecule has 7 nitrogen and oxygen atoms in total. The van der Waals surface area contributed by atoms with Crippen molar-refractivity contribution in [2.75, 3.05) is 17.7 Å². The molecule has 1 fully saturated rings. The summed E-state index contributed by atoms with van der Waals surface area (Å²) in [6.45, 7) is 6.51. The van der Waals surface area contributed by atoms with Crippen molar-refractivity contribution in [1.82, 2.24) is 14.8 Å². The minimum absolute atomic E-state index is 0.154. The average molecular weight is 511 g/mol. The van der Waals surface area contributed by atoms with Crippen LogP contribution >= 0.6 is 23.1 Å². The van der Waals surface area contributed by atoms with Crippen molar-refractivity contribution in [1.29, 1.82) is 0 Å². The highest BCUT2D eigenvalue weighted by Gasteiger charge is 2.25. The first kappa shape index (κ1) is 25.2. The molecule has 0 saturated heterocycles. The van der Waals surface area contributed by atoms with Crippen LogP contribution < -0.4 is 5.32 Å². The molecule has 2 heterocycles. The van der Waals surface area contributed by atoms with Crippen LogP contribution in [0.4, 0.5) is 5.00 Å². The fourth-order valence-electron chi connectivity index (χ4n) is 4.35. The number of ether oxygens (including phenoxy) is 1. The van der Waals surface area contributed by atoms with Gasteiger partial charge in [0.15, 0.2) is 5.16 Å². The van der Waals surface area contributed by atoms with Gasteiger partial charge in [-0.05, 0) is 25.3 Å². The summed E-state index contributed by atoms with van der Waals surface area (Å²) in [4.78, 5) is 25.6. The van der Waals surface area contributed by atoms with E-state index >= 15 is 0 Å². The number of allylic oxidation sites excluding steroid dienone is 1. The van der Waals surface area contributed by atoms with E-state index in [1.165, 1.54) is 42.4 Å². The van der Waals surface area contributed by atoms with Gasteiger partial charge in [0.2, 0.25) is 5.91 Å². The number of nitrogens with one attached hydrogen (secondary N) is 1. The maximum absolute atomic E-state index is 12.9. The SMILES string of the molecule is C=CCn1c(SCC(=O)Nc2scc(-c3ccccc3)c2C(=O)OCC)nnc1C1CCCCC1. The Kier molecular flexibility index (Phi) is 8.76. The molecule has 184 valence electrons. The molecule has 0 radical (unpaired) electrons. The number of aromatic nitrogens is 3. The molecule has 2 aromatic heterocycles. The minimum atomic E-state index is -0.446. The van der Waals surface area contributed by atoms with Gasteiger partial charge in [0.1, 0.15) is 16.4 Å². The number of hydrogen-bond donors (Lipinski definition) is 1. The van der Waals surface area contributed by atoms with E-state index in [9.17, 15) is 9.59 Å². The molecular weight excluding hydrogens is 480 g/mol. The first-order valence-corrected chi connectivity index (χ1v) is 13.8. The van der Waals surface area contributed by atoms with Crippen LogP contribution in [0.1, 0.15) is 61.1 Å². The third-order valence-corrected chi connectivity index (χ3v) is 7.83. The van der Waals surface area contributed by atoms with Crippen LogP contribution in [0, 0.1) is 0 Å². The second-order valence-electron chi connectivity index (χ2n) is 8.35. The van der Waals surface area contributed by atoms with Gasteiger partial charge in [-0.15, -0.1) is 28.1 Å². The molecule has 1 N–H and O–H groups in total. The van der Waals surface area contributed by atoms with E-state index in [2.05, 4.69) is 26.7 Å². The molecule has 35 heavy (non-hydrogen) atoms. The Balaban J connectivity index is 1.48. The predicted octanol–water partition coefficient (Wildman–Crippen LogP) is 6.15. The monoisotopic (exact) mass is 510 g/mol. The maximum Gasteiger partial charge on any atom is 0.341 e. The molecule has 1 amide bonds. The minimum Gasteiger partial charge on any atom is -0.462 e. The zero-order chi connectivity index (χ0) is 24.6. The summed E-state index contributed by atoms with van der Waals surface area (Å²) >= 11 is 2.67. The van der Waals surface area contributed by atoms with Crippen molar-refractivity contribution in [3.05, 3.63) is 59.8 Å². The van der Waals surface area contributed by atoms with E-state index in [4.69, 9.17) is 4.74 Å². The molecule has 1 aliphatic rings. The van der Waals surface area contributed by atoms with Crippen LogP contribution in [0.15, 0.2) is 53.5 Å². The highest BCUT2D eigenvalue weighted by atomic mass is 32.2. The molecule has 4 rings (SSSR count). The first-order chi connectivity index (χ1) is 17.1. The Labute approximate surface area is 214 Å². The molecule has 0 spiro atoms. The highest BCUT2D eigenvalue weighted by Crippen LogP contribution is 2.37. The lowest BCUT2D eigenvalue weighted by atomic mass is 9.89. The maximum atomic E-state index is 12.9. The second-order valence-corrected chi connectivity index (χ2v) is 10.2. The summed E-state index contributed by atoms with van der Waals surface area (Å²) in [5, 5.41) is 14.8. The first-order valence-electron chi connectivity index (χ1n) is 11.9. The van der Waals surface area contributed by atoms with E-state index < -0.39 is 5.97 Å². The number of carbonyl (C=O) groups is 2. The summed E-state index contributed by atoms with van der Waals surface area (Å²) in [7, 11) is 0. The van der Waals surface area contributed by atoms with E-state index in [0.29, 0.717) is 28.2 Å². The van der Waals surface area contributed by atoms with Crippen LogP contribution in [0.3, 0.4) is 0 Å². The van der Waals surface area contributed by atoms with E-state index in [1.807, 2.05) is 41.8 Å². The zero-order valence-corrected chi connectivity index (χ0v) is 21.5. The molecule has 9 heteroatoms. The van der Waals surface area contributed by atoms with Gasteiger partial charge < -0.3 is 14.6 Å². The molecule has 0 aliphatic heterocycles. The number of thiophene rings is 1. The quantitative estimate of drug-likeness (QED) is 0.200. The number of benzene rings is 1. The van der Waals surface area contributed by atoms with Gasteiger partial charge in [-0.25, -0.2) is 4.79 Å². The molecule has 0 bridgehead atoms. The fraction of sp³-hybridized carbons (Fsp3) is 0.385. The number of carbonyl (C=O) groups excluding carboxylic acids is 2. The Hall–Kier alpha value is -2.91. The van der Waals surface area contributed by atoms with Crippen LogP contribution in [0.5, 0.6) is 0 Å². The van der Waals surface area contributed by atoms with Crippen molar-refractivity contribution in [2.45, 2.75) is 56.6 Å². The smallest absolute Gasteiger partial charge is 0.341 e. The average Bonchev–Trinajstić information content (AvgIpc) is 3.48. The molecule has 1 saturated carbocycles. The van der Waals surface area contributed by atoms with E-state index in [-0.39, 0.29) is 18.3 Å². The number of hydrogen-bond acceptors (Lipinski definition) is 7. The Morgan fingerprint density at radius 3 is 2.71 bits per heavy atom. The standard InChI is InChI=1S/C26H30N4O3S2/c1-3-15-30-23(19-13-9-6-10-14-19)28-29-26(30)35-17-21(31)27-24-22(25(32)33-4-2)20(16-34-24)18-11-7-5-8-12-18/h3,5,7-8,11-12,16,19H,1,4,6,9-10,13-15,17H2,2H3,(H,27,31). The Morgan fingerprint density at radius 2 is 2.00 bits per heavy atom. The van der Waals surface area contributed by atoms with Crippen LogP contribution in [0.2, 0.25) is 0 Å². The van der Waals surface area contributed by atoms with Gasteiger partial charge in [0.25, 0.3) is 0 Å². The lowest BCUT2D eigenvalue weighted by Crippen LogP contribution is -2.17. The van der Waals surface area contributed by atoms with Crippen molar-refractivity contribution in [3.63, 3.8) is 0 Å². The Bertz CT molecular complexity index is 1170. The van der Waals surface area contributed by atoms with E-state index in [1.54, 1.807) is 6.92 Å². The molecule has 0 atom stereocenters. The molecule has 0 unspecified atom stereocenters. The predicted molar refractivity (Wildman–Crippen MR) is 141 cm³/mol. The van der Waals surface area contributed by atoms with Gasteiger partial charge >= 0.3 is 5.97 Å². The summed E-state index contributed by atoms with van der Waals surface area (Å²) in [5.74, 6) is 0.894. The normalized spacial score (nSPS) is 14.0. The summed E-state index contributed by atoms with van der Waals surface area (Å²) < 4.78 is 7.36. The van der Waals surface area contributed by atoms with Crippen LogP contribution in [-0.4, -0.2) is 39.0 Å². The number of thioether (sulfide) groups is 1. The van der Waals surface area contributed by atoms with Gasteiger partial charge in [-0.1, -0.05) is 67.4 Å². The Morgan fingerprint density at radius 1 is 1.23 bits per heavy atom. The summed E-state index contributed by atoms with van der Waals surface area (Å²) in [6.07, 6.45) is 7.78. The number of amides is 1. The van der Waals surface area contributed by atoms with Crippen LogP contribution in [-0.2, 0) is 16.1 Å². The molecule has 1 aromatic carbocycles. The summed E-state index contributed by atoms with van der Waals surface area (Å²) in [5.41, 5.74) is 2.03. The molecular formula is C26H30N4O3S2. The highest BCUT2D eigenvalue weighted by molar-refractivity contribution is 7.99. The fourth-order valence-corrected chi connectivity index (χ4v) is 6.08. The molecule has 1 aliphatic carbocycles. The van der Waals surface area contributed by atoms with Crippen molar-refractivity contribution >= 4 is 40.0 Å². The van der Waals surface area contributed by atoms with Crippen molar-refractivity contribution < 1.29 is 14.3 Å². The lowest BCUT2D eigenvalue weighted by molar-refractivity contribution is -0.113. The van der Waals surface area contributed by atoms with Crippen LogP contribution in [0.25, 0.3) is 11.1 Å². The third-order valence-electron chi connectivity index (χ3n) is 5.97. The van der Waals surface area contributed by atoms with Gasteiger partial charge in [0, 0.05) is 23.4 Å². The topological polar surface area (TPSA) is 86.1 Å².